The Hall–Kier alpha value is -2.21. The zero-order valence-electron chi connectivity index (χ0n) is 15.0. The van der Waals surface area contributed by atoms with Gasteiger partial charge in [-0.1, -0.05) is 54.1 Å². The van der Waals surface area contributed by atoms with Crippen LogP contribution in [-0.4, -0.2) is 61.4 Å². The molecule has 1 radical (unpaired) electrons. The van der Waals surface area contributed by atoms with Gasteiger partial charge in [-0.3, -0.25) is 14.5 Å². The van der Waals surface area contributed by atoms with Crippen LogP contribution >= 0.6 is 11.6 Å². The highest BCUT2D eigenvalue weighted by Crippen LogP contribution is 2.30. The predicted octanol–water partition coefficient (Wildman–Crippen LogP) is 2.70. The molecular formula is C21H22ClN2O3. The summed E-state index contributed by atoms with van der Waals surface area (Å²) in [6.45, 7) is 2.53. The highest BCUT2D eigenvalue weighted by molar-refractivity contribution is 6.30. The van der Waals surface area contributed by atoms with Gasteiger partial charge in [0, 0.05) is 31.2 Å². The molecule has 0 saturated carbocycles. The van der Waals surface area contributed by atoms with Crippen molar-refractivity contribution in [2.45, 2.75) is 6.04 Å². The molecular weight excluding hydrogens is 364 g/mol. The average Bonchev–Trinajstić information content (AvgIpc) is 2.71. The van der Waals surface area contributed by atoms with Crippen molar-refractivity contribution >= 4 is 23.8 Å². The molecule has 6 heteroatoms. The molecule has 1 aliphatic heterocycles. The molecule has 5 nitrogen and oxygen atoms in total. The molecule has 1 atom stereocenters. The number of carbonyl (C=O) groups excluding carboxylic acids is 2. The first kappa shape index (κ1) is 19.5. The summed E-state index contributed by atoms with van der Waals surface area (Å²) in [5.41, 5.74) is 2.39. The van der Waals surface area contributed by atoms with E-state index in [-0.39, 0.29) is 25.2 Å². The lowest BCUT2D eigenvalue weighted by atomic mass is 9.96. The number of hydrogen-bond donors (Lipinski definition) is 0. The van der Waals surface area contributed by atoms with E-state index in [1.807, 2.05) is 30.3 Å². The standard InChI is InChI=1S/C21H22ClN2O3/c22-19-8-6-18(7-9-19)21(17-4-2-1-3-5-17)24-12-10-23(11-13-24)20(26)16-27-15-14-25/h1-9,21H,10-13,15-16H2. The minimum atomic E-state index is -0.168. The normalized spacial score (nSPS) is 16.1. The second-order valence-corrected chi connectivity index (χ2v) is 6.86. The quantitative estimate of drug-likeness (QED) is 0.688. The lowest BCUT2D eigenvalue weighted by Crippen LogP contribution is -2.50. The molecule has 1 unspecified atom stereocenters. The summed E-state index contributed by atoms with van der Waals surface area (Å²) in [7, 11) is 0. The summed E-state index contributed by atoms with van der Waals surface area (Å²) < 4.78 is 4.98. The Balaban J connectivity index is 1.70. The largest absolute Gasteiger partial charge is 0.363 e. The molecule has 27 heavy (non-hydrogen) atoms. The van der Waals surface area contributed by atoms with Crippen molar-refractivity contribution in [3.63, 3.8) is 0 Å². The fourth-order valence-electron chi connectivity index (χ4n) is 3.40. The van der Waals surface area contributed by atoms with Crippen LogP contribution in [-0.2, 0) is 14.3 Å². The lowest BCUT2D eigenvalue weighted by molar-refractivity contribution is -0.137. The molecule has 0 N–H and O–H groups in total. The van der Waals surface area contributed by atoms with Gasteiger partial charge >= 0.3 is 0 Å². The summed E-state index contributed by atoms with van der Waals surface area (Å²) in [5.74, 6) is -0.0901. The van der Waals surface area contributed by atoms with E-state index in [0.717, 1.165) is 13.1 Å². The lowest BCUT2D eigenvalue weighted by Gasteiger charge is -2.39. The monoisotopic (exact) mass is 385 g/mol. The Morgan fingerprint density at radius 3 is 2.26 bits per heavy atom. The molecule has 1 heterocycles. The van der Waals surface area contributed by atoms with Crippen LogP contribution in [0.3, 0.4) is 0 Å². The Kier molecular flexibility index (Phi) is 6.98. The van der Waals surface area contributed by atoms with Gasteiger partial charge in [-0.25, -0.2) is 0 Å². The van der Waals surface area contributed by atoms with Crippen LogP contribution in [0.4, 0.5) is 0 Å². The Labute approximate surface area is 164 Å². The molecule has 2 aromatic carbocycles. The molecule has 2 aromatic rings. The zero-order chi connectivity index (χ0) is 19.1. The van der Waals surface area contributed by atoms with Crippen molar-refractivity contribution in [1.29, 1.82) is 0 Å². The SMILES string of the molecule is O=[C]COCC(=O)N1CCN(C(c2ccccc2)c2ccc(Cl)cc2)CC1. The van der Waals surface area contributed by atoms with Gasteiger partial charge in [0.25, 0.3) is 0 Å². The summed E-state index contributed by atoms with van der Waals surface area (Å²) in [4.78, 5) is 26.5. The minimum absolute atomic E-state index is 0.0749. The molecule has 0 bridgehead atoms. The van der Waals surface area contributed by atoms with E-state index >= 15 is 0 Å². The summed E-state index contributed by atoms with van der Waals surface area (Å²) >= 11 is 6.06. The first-order valence-electron chi connectivity index (χ1n) is 8.94. The van der Waals surface area contributed by atoms with E-state index in [9.17, 15) is 9.59 Å². The van der Waals surface area contributed by atoms with Gasteiger partial charge in [0.05, 0.1) is 6.04 Å². The number of nitrogens with zero attached hydrogens (tertiary/aromatic N) is 2. The maximum absolute atomic E-state index is 12.2. The molecule has 141 valence electrons. The fraction of sp³-hybridized carbons (Fsp3) is 0.333. The molecule has 0 aromatic heterocycles. The van der Waals surface area contributed by atoms with E-state index in [0.29, 0.717) is 18.1 Å². The molecule has 1 amide bonds. The predicted molar refractivity (Wildman–Crippen MR) is 104 cm³/mol. The van der Waals surface area contributed by atoms with Crippen molar-refractivity contribution in [3.8, 4) is 0 Å². The maximum atomic E-state index is 12.2. The first-order valence-corrected chi connectivity index (χ1v) is 9.32. The number of rotatable bonds is 7. The second kappa shape index (κ2) is 9.65. The van der Waals surface area contributed by atoms with Gasteiger partial charge < -0.3 is 9.64 Å². The van der Waals surface area contributed by atoms with E-state index in [2.05, 4.69) is 29.2 Å². The average molecular weight is 386 g/mol. The molecule has 1 saturated heterocycles. The number of carbonyl (C=O) groups is 1. The smallest absolute Gasteiger partial charge is 0.248 e. The highest BCUT2D eigenvalue weighted by Gasteiger charge is 2.28. The Morgan fingerprint density at radius 1 is 1.00 bits per heavy atom. The van der Waals surface area contributed by atoms with Crippen molar-refractivity contribution in [3.05, 3.63) is 70.7 Å². The highest BCUT2D eigenvalue weighted by atomic mass is 35.5. The van der Waals surface area contributed by atoms with Crippen LogP contribution in [0.15, 0.2) is 54.6 Å². The van der Waals surface area contributed by atoms with Crippen LogP contribution in [0.5, 0.6) is 0 Å². The van der Waals surface area contributed by atoms with E-state index in [1.54, 1.807) is 11.2 Å². The van der Waals surface area contributed by atoms with Gasteiger partial charge in [0.1, 0.15) is 13.2 Å². The van der Waals surface area contributed by atoms with Crippen LogP contribution < -0.4 is 0 Å². The van der Waals surface area contributed by atoms with Crippen LogP contribution in [0, 0.1) is 0 Å². The number of benzene rings is 2. The van der Waals surface area contributed by atoms with E-state index in [4.69, 9.17) is 16.3 Å². The fourth-order valence-corrected chi connectivity index (χ4v) is 3.52. The van der Waals surface area contributed by atoms with Gasteiger partial charge in [0.2, 0.25) is 12.2 Å². The summed E-state index contributed by atoms with van der Waals surface area (Å²) in [6.07, 6.45) is 1.63. The molecule has 1 fully saturated rings. The third kappa shape index (κ3) is 5.16. The first-order chi connectivity index (χ1) is 13.2. The van der Waals surface area contributed by atoms with Crippen molar-refractivity contribution in [2.24, 2.45) is 0 Å². The molecule has 0 spiro atoms. The third-order valence-corrected chi connectivity index (χ3v) is 4.97. The van der Waals surface area contributed by atoms with Gasteiger partial charge in [-0.05, 0) is 23.3 Å². The molecule has 0 aliphatic carbocycles. The number of amides is 1. The third-order valence-electron chi connectivity index (χ3n) is 4.72. The topological polar surface area (TPSA) is 49.9 Å². The van der Waals surface area contributed by atoms with Crippen LogP contribution in [0.2, 0.25) is 5.02 Å². The second-order valence-electron chi connectivity index (χ2n) is 6.42. The van der Waals surface area contributed by atoms with Crippen molar-refractivity contribution in [2.75, 3.05) is 39.4 Å². The Bertz CT molecular complexity index is 744. The summed E-state index contributed by atoms with van der Waals surface area (Å²) in [6, 6.07) is 18.4. The minimum Gasteiger partial charge on any atom is -0.363 e. The van der Waals surface area contributed by atoms with Gasteiger partial charge in [-0.15, -0.1) is 0 Å². The number of piperazine rings is 1. The van der Waals surface area contributed by atoms with Gasteiger partial charge in [0.15, 0.2) is 0 Å². The van der Waals surface area contributed by atoms with Crippen LogP contribution in [0.25, 0.3) is 0 Å². The number of halogens is 1. The van der Waals surface area contributed by atoms with Crippen molar-refractivity contribution in [1.82, 2.24) is 9.80 Å². The van der Waals surface area contributed by atoms with Crippen LogP contribution in [0.1, 0.15) is 17.2 Å². The number of ether oxygens (including phenoxy) is 1. The molecule has 1 aliphatic rings. The van der Waals surface area contributed by atoms with Gasteiger partial charge in [-0.2, -0.15) is 0 Å². The van der Waals surface area contributed by atoms with E-state index in [1.165, 1.54) is 11.1 Å². The van der Waals surface area contributed by atoms with Crippen molar-refractivity contribution < 1.29 is 14.3 Å². The maximum Gasteiger partial charge on any atom is 0.248 e. The summed E-state index contributed by atoms with van der Waals surface area (Å²) in [5, 5.41) is 0.716. The molecule has 3 rings (SSSR count). The zero-order valence-corrected chi connectivity index (χ0v) is 15.8. The Morgan fingerprint density at radius 2 is 1.63 bits per heavy atom. The van der Waals surface area contributed by atoms with E-state index < -0.39 is 0 Å². The number of hydrogen-bond acceptors (Lipinski definition) is 4.